The van der Waals surface area contributed by atoms with Gasteiger partial charge in [-0.25, -0.2) is 0 Å². The van der Waals surface area contributed by atoms with Crippen LogP contribution >= 0.6 is 0 Å². The molecule has 1 rings (SSSR count). The molecule has 0 unspecified atom stereocenters. The summed E-state index contributed by atoms with van der Waals surface area (Å²) in [6, 6.07) is 4.82. The average molecular weight is 220 g/mol. The molecule has 1 aromatic rings. The summed E-state index contributed by atoms with van der Waals surface area (Å²) in [5.41, 5.74) is 6.25. The van der Waals surface area contributed by atoms with Crippen LogP contribution in [0.4, 0.5) is 5.69 Å². The molecule has 0 heterocycles. The van der Waals surface area contributed by atoms with Gasteiger partial charge >= 0.3 is 0 Å². The molecular weight excluding hydrogens is 208 g/mol. The van der Waals surface area contributed by atoms with E-state index in [4.69, 9.17) is 5.73 Å². The van der Waals surface area contributed by atoms with Crippen LogP contribution in [0, 0.1) is 10.1 Å². The van der Waals surface area contributed by atoms with E-state index < -0.39 is 10.8 Å². The molecule has 16 heavy (non-hydrogen) atoms. The van der Waals surface area contributed by atoms with Crippen molar-refractivity contribution in [2.75, 3.05) is 0 Å². The summed E-state index contributed by atoms with van der Waals surface area (Å²) in [6.45, 7) is 1.85. The number of amides is 1. The first-order valence-corrected chi connectivity index (χ1v) is 4.79. The molecular formula is C11H12N2O3. The molecule has 1 amide bonds. The number of carbonyl (C=O) groups excluding carboxylic acids is 1. The molecule has 0 saturated carbocycles. The first kappa shape index (κ1) is 11.9. The first-order valence-electron chi connectivity index (χ1n) is 4.79. The van der Waals surface area contributed by atoms with Crippen molar-refractivity contribution in [1.82, 2.24) is 0 Å². The fourth-order valence-corrected chi connectivity index (χ4v) is 1.33. The minimum atomic E-state index is -0.581. The van der Waals surface area contributed by atoms with Crippen molar-refractivity contribution in [1.29, 1.82) is 0 Å². The third-order valence-electron chi connectivity index (χ3n) is 2.13. The number of primary amides is 1. The lowest BCUT2D eigenvalue weighted by atomic mass is 10.1. The maximum Gasteiger partial charge on any atom is 0.273 e. The van der Waals surface area contributed by atoms with Crippen LogP contribution in [0.25, 0.3) is 6.08 Å². The van der Waals surface area contributed by atoms with Crippen LogP contribution in [0.1, 0.15) is 18.1 Å². The Balaban J connectivity index is 3.12. The summed E-state index contributed by atoms with van der Waals surface area (Å²) in [5, 5.41) is 10.8. The molecule has 0 fully saturated rings. The van der Waals surface area contributed by atoms with Crippen molar-refractivity contribution in [2.24, 2.45) is 5.73 Å². The SMILES string of the molecule is CCc1ccc(/C=C\C(N)=O)cc1[N+](=O)[O-]. The molecule has 0 aliphatic rings. The highest BCUT2D eigenvalue weighted by molar-refractivity contribution is 5.90. The third-order valence-corrected chi connectivity index (χ3v) is 2.13. The second kappa shape index (κ2) is 5.06. The van der Waals surface area contributed by atoms with Gasteiger partial charge in [0.1, 0.15) is 0 Å². The van der Waals surface area contributed by atoms with Crippen molar-refractivity contribution in [3.8, 4) is 0 Å². The Morgan fingerprint density at radius 2 is 2.25 bits per heavy atom. The molecule has 0 aliphatic heterocycles. The van der Waals surface area contributed by atoms with Crippen molar-refractivity contribution in [3.63, 3.8) is 0 Å². The average Bonchev–Trinajstić information content (AvgIpc) is 2.25. The van der Waals surface area contributed by atoms with E-state index in [0.29, 0.717) is 17.5 Å². The molecule has 0 spiro atoms. The molecule has 84 valence electrons. The van der Waals surface area contributed by atoms with Gasteiger partial charge in [-0.1, -0.05) is 19.1 Å². The minimum Gasteiger partial charge on any atom is -0.366 e. The van der Waals surface area contributed by atoms with Gasteiger partial charge in [0.2, 0.25) is 5.91 Å². The van der Waals surface area contributed by atoms with E-state index in [-0.39, 0.29) is 5.69 Å². The van der Waals surface area contributed by atoms with Crippen LogP contribution in [0.2, 0.25) is 0 Å². The van der Waals surface area contributed by atoms with Crippen LogP contribution in [0.5, 0.6) is 0 Å². The number of nitro groups is 1. The number of rotatable bonds is 4. The first-order chi connectivity index (χ1) is 7.54. The Bertz CT molecular complexity index is 453. The van der Waals surface area contributed by atoms with Gasteiger partial charge in [0.05, 0.1) is 4.92 Å². The number of benzene rings is 1. The van der Waals surface area contributed by atoms with Crippen molar-refractivity contribution in [3.05, 3.63) is 45.5 Å². The molecule has 0 atom stereocenters. The summed E-state index contributed by atoms with van der Waals surface area (Å²) in [7, 11) is 0. The Hall–Kier alpha value is -2.17. The van der Waals surface area contributed by atoms with Crippen LogP contribution in [-0.4, -0.2) is 10.8 Å². The predicted molar refractivity (Wildman–Crippen MR) is 60.7 cm³/mol. The van der Waals surface area contributed by atoms with Crippen LogP contribution in [-0.2, 0) is 11.2 Å². The second-order valence-electron chi connectivity index (χ2n) is 3.23. The van der Waals surface area contributed by atoms with E-state index in [1.165, 1.54) is 18.2 Å². The Kier molecular flexibility index (Phi) is 3.77. The smallest absolute Gasteiger partial charge is 0.273 e. The van der Waals surface area contributed by atoms with Crippen molar-refractivity contribution in [2.45, 2.75) is 13.3 Å². The monoisotopic (exact) mass is 220 g/mol. The van der Waals surface area contributed by atoms with Crippen LogP contribution in [0.3, 0.4) is 0 Å². The molecule has 5 heteroatoms. The lowest BCUT2D eigenvalue weighted by Crippen LogP contribution is -2.05. The Morgan fingerprint density at radius 3 is 2.75 bits per heavy atom. The van der Waals surface area contributed by atoms with E-state index in [1.807, 2.05) is 6.92 Å². The topological polar surface area (TPSA) is 86.2 Å². The highest BCUT2D eigenvalue weighted by Gasteiger charge is 2.11. The standard InChI is InChI=1S/C11H12N2O3/c1-2-9-5-3-8(4-6-11(12)14)7-10(9)13(15)16/h3-7H,2H2,1H3,(H2,12,14)/b6-4-. The van der Waals surface area contributed by atoms with Gasteiger partial charge in [0, 0.05) is 17.7 Å². The van der Waals surface area contributed by atoms with Crippen LogP contribution < -0.4 is 5.73 Å². The van der Waals surface area contributed by atoms with Crippen molar-refractivity contribution < 1.29 is 9.72 Å². The zero-order valence-corrected chi connectivity index (χ0v) is 8.84. The van der Waals surface area contributed by atoms with Gasteiger partial charge < -0.3 is 5.73 Å². The zero-order valence-electron chi connectivity index (χ0n) is 8.84. The zero-order chi connectivity index (χ0) is 12.1. The van der Waals surface area contributed by atoms with Gasteiger partial charge in [0.15, 0.2) is 0 Å². The normalized spacial score (nSPS) is 10.6. The number of hydrogen-bond acceptors (Lipinski definition) is 3. The fraction of sp³-hybridized carbons (Fsp3) is 0.182. The molecule has 0 radical (unpaired) electrons. The Morgan fingerprint density at radius 1 is 1.56 bits per heavy atom. The summed E-state index contributed by atoms with van der Waals surface area (Å²) in [5.74, 6) is -0.581. The number of nitro benzene ring substituents is 1. The van der Waals surface area contributed by atoms with E-state index in [0.717, 1.165) is 0 Å². The predicted octanol–water partition coefficient (Wildman–Crippen LogP) is 1.66. The van der Waals surface area contributed by atoms with E-state index in [9.17, 15) is 14.9 Å². The molecule has 2 N–H and O–H groups in total. The molecule has 0 aliphatic carbocycles. The number of hydrogen-bond donors (Lipinski definition) is 1. The molecule has 0 aromatic heterocycles. The highest BCUT2D eigenvalue weighted by Crippen LogP contribution is 2.21. The summed E-state index contributed by atoms with van der Waals surface area (Å²) in [4.78, 5) is 20.8. The molecule has 0 bridgehead atoms. The van der Waals surface area contributed by atoms with Gasteiger partial charge in [-0.05, 0) is 18.1 Å². The highest BCUT2D eigenvalue weighted by atomic mass is 16.6. The lowest BCUT2D eigenvalue weighted by molar-refractivity contribution is -0.385. The molecule has 0 saturated heterocycles. The second-order valence-corrected chi connectivity index (χ2v) is 3.23. The molecule has 1 aromatic carbocycles. The van der Waals surface area contributed by atoms with E-state index in [1.54, 1.807) is 12.1 Å². The van der Waals surface area contributed by atoms with Gasteiger partial charge in [0.25, 0.3) is 5.69 Å². The van der Waals surface area contributed by atoms with E-state index in [2.05, 4.69) is 0 Å². The fourth-order valence-electron chi connectivity index (χ4n) is 1.33. The quantitative estimate of drug-likeness (QED) is 0.475. The number of nitrogens with zero attached hydrogens (tertiary/aromatic N) is 1. The third kappa shape index (κ3) is 2.91. The lowest BCUT2D eigenvalue weighted by Gasteiger charge is -2.00. The Labute approximate surface area is 92.7 Å². The number of nitrogens with two attached hydrogens (primary N) is 1. The van der Waals surface area contributed by atoms with Crippen molar-refractivity contribution >= 4 is 17.7 Å². The van der Waals surface area contributed by atoms with Gasteiger partial charge in [-0.15, -0.1) is 0 Å². The van der Waals surface area contributed by atoms with Gasteiger partial charge in [-0.2, -0.15) is 0 Å². The minimum absolute atomic E-state index is 0.0640. The number of carbonyl (C=O) groups is 1. The van der Waals surface area contributed by atoms with Crippen LogP contribution in [0.15, 0.2) is 24.3 Å². The maximum atomic E-state index is 10.8. The van der Waals surface area contributed by atoms with Gasteiger partial charge in [-0.3, -0.25) is 14.9 Å². The molecule has 5 nitrogen and oxygen atoms in total. The maximum absolute atomic E-state index is 10.8. The summed E-state index contributed by atoms with van der Waals surface area (Å²) in [6.07, 6.45) is 3.22. The summed E-state index contributed by atoms with van der Waals surface area (Å²) < 4.78 is 0. The summed E-state index contributed by atoms with van der Waals surface area (Å²) >= 11 is 0. The largest absolute Gasteiger partial charge is 0.366 e. The van der Waals surface area contributed by atoms with E-state index >= 15 is 0 Å². The number of aryl methyl sites for hydroxylation is 1.